The van der Waals surface area contributed by atoms with Crippen LogP contribution in [0.5, 0.6) is 0 Å². The van der Waals surface area contributed by atoms with E-state index in [1.807, 2.05) is 4.72 Å². The van der Waals surface area contributed by atoms with Gasteiger partial charge in [0.2, 0.25) is 0 Å². The van der Waals surface area contributed by atoms with Crippen molar-refractivity contribution >= 4 is 31.5 Å². The SMILES string of the molecule is CCS(=O)(=O)c1ccc(C(=O)O)c(NS(=O)(=O)c2ccccc2F)c1. The highest BCUT2D eigenvalue weighted by Crippen LogP contribution is 2.25. The summed E-state index contributed by atoms with van der Waals surface area (Å²) < 4.78 is 64.2. The Hall–Kier alpha value is -2.46. The van der Waals surface area contributed by atoms with Crippen LogP contribution in [0.2, 0.25) is 0 Å². The molecule has 2 aromatic rings. The first kappa shape index (κ1) is 18.9. The number of anilines is 1. The summed E-state index contributed by atoms with van der Waals surface area (Å²) in [6, 6.07) is 7.49. The zero-order valence-electron chi connectivity index (χ0n) is 12.9. The van der Waals surface area contributed by atoms with Crippen LogP contribution in [-0.4, -0.2) is 33.7 Å². The number of hydrogen-bond acceptors (Lipinski definition) is 5. The average Bonchev–Trinajstić information content (AvgIpc) is 2.54. The summed E-state index contributed by atoms with van der Waals surface area (Å²) in [6.07, 6.45) is 0. The topological polar surface area (TPSA) is 118 Å². The highest BCUT2D eigenvalue weighted by atomic mass is 32.2. The molecule has 0 heterocycles. The highest BCUT2D eigenvalue weighted by Gasteiger charge is 2.23. The first-order valence-electron chi connectivity index (χ1n) is 6.96. The number of sulfonamides is 1. The summed E-state index contributed by atoms with van der Waals surface area (Å²) in [6.45, 7) is 1.39. The van der Waals surface area contributed by atoms with E-state index in [2.05, 4.69) is 0 Å². The van der Waals surface area contributed by atoms with Crippen molar-refractivity contribution in [3.63, 3.8) is 0 Å². The molecule has 7 nitrogen and oxygen atoms in total. The van der Waals surface area contributed by atoms with Crippen LogP contribution in [0.25, 0.3) is 0 Å². The fourth-order valence-corrected chi connectivity index (χ4v) is 4.07. The number of halogens is 1. The average molecular weight is 387 g/mol. The second-order valence-corrected chi connectivity index (χ2v) is 8.88. The van der Waals surface area contributed by atoms with Crippen molar-refractivity contribution in [2.75, 3.05) is 10.5 Å². The van der Waals surface area contributed by atoms with E-state index < -0.39 is 47.8 Å². The van der Waals surface area contributed by atoms with Crippen molar-refractivity contribution in [3.8, 4) is 0 Å². The zero-order chi connectivity index (χ0) is 18.8. The first-order chi connectivity index (χ1) is 11.6. The van der Waals surface area contributed by atoms with Crippen LogP contribution in [0.15, 0.2) is 52.3 Å². The lowest BCUT2D eigenvalue weighted by Gasteiger charge is -2.13. The van der Waals surface area contributed by atoms with E-state index in [9.17, 15) is 31.1 Å². The van der Waals surface area contributed by atoms with Gasteiger partial charge in [0.05, 0.1) is 21.9 Å². The van der Waals surface area contributed by atoms with Gasteiger partial charge in [-0.05, 0) is 30.3 Å². The molecule has 0 aliphatic carbocycles. The zero-order valence-corrected chi connectivity index (χ0v) is 14.6. The van der Waals surface area contributed by atoms with Gasteiger partial charge in [-0.25, -0.2) is 26.0 Å². The molecule has 0 amide bonds. The number of aromatic carboxylic acids is 1. The van der Waals surface area contributed by atoms with E-state index in [0.29, 0.717) is 0 Å². The normalized spacial score (nSPS) is 11.9. The standard InChI is InChI=1S/C15H14FNO6S2/c1-2-24(20,21)10-7-8-11(15(18)19)13(9-10)17-25(22,23)14-6-4-3-5-12(14)16/h3-9,17H,2H2,1H3,(H,18,19). The molecule has 0 unspecified atom stereocenters. The van der Waals surface area contributed by atoms with Crippen molar-refractivity contribution in [3.05, 3.63) is 53.8 Å². The van der Waals surface area contributed by atoms with Gasteiger partial charge in [-0.3, -0.25) is 4.72 Å². The molecule has 0 aliphatic rings. The number of carbonyl (C=O) groups is 1. The van der Waals surface area contributed by atoms with Crippen LogP contribution < -0.4 is 4.72 Å². The molecule has 0 fully saturated rings. The van der Waals surface area contributed by atoms with Crippen molar-refractivity contribution < 1.29 is 31.1 Å². The van der Waals surface area contributed by atoms with Gasteiger partial charge in [0, 0.05) is 0 Å². The molecule has 0 bridgehead atoms. The van der Waals surface area contributed by atoms with E-state index in [0.717, 1.165) is 30.3 Å². The molecule has 0 atom stereocenters. The predicted molar refractivity (Wildman–Crippen MR) is 88.3 cm³/mol. The van der Waals surface area contributed by atoms with E-state index in [1.165, 1.54) is 19.1 Å². The Morgan fingerprint density at radius 1 is 1.12 bits per heavy atom. The molecule has 2 N–H and O–H groups in total. The molecule has 10 heteroatoms. The van der Waals surface area contributed by atoms with Crippen LogP contribution >= 0.6 is 0 Å². The second-order valence-electron chi connectivity index (χ2n) is 4.95. The number of benzene rings is 2. The molecule has 0 aliphatic heterocycles. The van der Waals surface area contributed by atoms with Gasteiger partial charge in [0.15, 0.2) is 9.84 Å². The van der Waals surface area contributed by atoms with Crippen LogP contribution in [0.4, 0.5) is 10.1 Å². The summed E-state index contributed by atoms with van der Waals surface area (Å²) in [7, 11) is -8.15. The number of nitrogens with one attached hydrogen (secondary N) is 1. The summed E-state index contributed by atoms with van der Waals surface area (Å²) >= 11 is 0. The molecule has 134 valence electrons. The molecule has 25 heavy (non-hydrogen) atoms. The summed E-state index contributed by atoms with van der Waals surface area (Å²) in [4.78, 5) is 10.4. The Kier molecular flexibility index (Phi) is 5.14. The summed E-state index contributed by atoms with van der Waals surface area (Å²) in [5.41, 5.74) is -0.930. The number of carboxylic acid groups (broad SMARTS) is 1. The van der Waals surface area contributed by atoms with Crippen molar-refractivity contribution in [1.82, 2.24) is 0 Å². The fourth-order valence-electron chi connectivity index (χ4n) is 2.02. The minimum atomic E-state index is -4.45. The van der Waals surface area contributed by atoms with Crippen molar-refractivity contribution in [2.45, 2.75) is 16.7 Å². The summed E-state index contributed by atoms with van der Waals surface area (Å²) in [5, 5.41) is 9.18. The molecule has 0 saturated carbocycles. The maximum Gasteiger partial charge on any atom is 0.337 e. The van der Waals surface area contributed by atoms with Crippen LogP contribution in [-0.2, 0) is 19.9 Å². The van der Waals surface area contributed by atoms with Crippen molar-refractivity contribution in [1.29, 1.82) is 0 Å². The molecular weight excluding hydrogens is 373 g/mol. The van der Waals surface area contributed by atoms with E-state index >= 15 is 0 Å². The summed E-state index contributed by atoms with van der Waals surface area (Å²) in [5.74, 6) is -2.74. The smallest absolute Gasteiger partial charge is 0.337 e. The lowest BCUT2D eigenvalue weighted by molar-refractivity contribution is 0.0698. The van der Waals surface area contributed by atoms with E-state index in [1.54, 1.807) is 0 Å². The molecule has 2 aromatic carbocycles. The Morgan fingerprint density at radius 2 is 1.76 bits per heavy atom. The number of hydrogen-bond donors (Lipinski definition) is 2. The van der Waals surface area contributed by atoms with Crippen molar-refractivity contribution in [2.24, 2.45) is 0 Å². The van der Waals surface area contributed by atoms with E-state index in [-0.39, 0.29) is 10.6 Å². The van der Waals surface area contributed by atoms with Gasteiger partial charge < -0.3 is 5.11 Å². The quantitative estimate of drug-likeness (QED) is 0.784. The van der Waals surface area contributed by atoms with E-state index in [4.69, 9.17) is 0 Å². The van der Waals surface area contributed by atoms with Gasteiger partial charge in [-0.1, -0.05) is 19.1 Å². The monoisotopic (exact) mass is 387 g/mol. The third-order valence-corrected chi connectivity index (χ3v) is 6.46. The number of rotatable bonds is 6. The Bertz CT molecular complexity index is 1030. The molecule has 0 radical (unpaired) electrons. The Morgan fingerprint density at radius 3 is 2.32 bits per heavy atom. The number of carboxylic acids is 1. The number of sulfone groups is 1. The lowest BCUT2D eigenvalue weighted by atomic mass is 10.2. The van der Waals surface area contributed by atoms with Gasteiger partial charge in [0.25, 0.3) is 10.0 Å². The highest BCUT2D eigenvalue weighted by molar-refractivity contribution is 7.92. The first-order valence-corrected chi connectivity index (χ1v) is 10.1. The molecule has 0 saturated heterocycles. The molecule has 0 spiro atoms. The third kappa shape index (κ3) is 3.97. The van der Waals surface area contributed by atoms with Crippen LogP contribution in [0, 0.1) is 5.82 Å². The predicted octanol–water partition coefficient (Wildman–Crippen LogP) is 2.12. The fraction of sp³-hybridized carbons (Fsp3) is 0.133. The van der Waals surface area contributed by atoms with Crippen LogP contribution in [0.3, 0.4) is 0 Å². The van der Waals surface area contributed by atoms with Gasteiger partial charge in [-0.15, -0.1) is 0 Å². The minimum Gasteiger partial charge on any atom is -0.478 e. The Labute approximate surface area is 144 Å². The lowest BCUT2D eigenvalue weighted by Crippen LogP contribution is -2.17. The molecular formula is C15H14FNO6S2. The second kappa shape index (κ2) is 6.81. The van der Waals surface area contributed by atoms with Crippen LogP contribution in [0.1, 0.15) is 17.3 Å². The third-order valence-electron chi connectivity index (χ3n) is 3.33. The Balaban J connectivity index is 2.59. The largest absolute Gasteiger partial charge is 0.478 e. The molecule has 2 rings (SSSR count). The van der Waals surface area contributed by atoms with Gasteiger partial charge >= 0.3 is 5.97 Å². The maximum absolute atomic E-state index is 13.7. The van der Waals surface area contributed by atoms with Gasteiger partial charge in [-0.2, -0.15) is 0 Å². The minimum absolute atomic E-state index is 0.244. The van der Waals surface area contributed by atoms with Gasteiger partial charge in [0.1, 0.15) is 10.7 Å². The maximum atomic E-state index is 13.7. The molecule has 0 aromatic heterocycles.